The molecule has 5 rings (SSSR count). The van der Waals surface area contributed by atoms with Crippen molar-refractivity contribution in [3.63, 3.8) is 0 Å². The molecule has 31 heavy (non-hydrogen) atoms. The second-order valence-corrected chi connectivity index (χ2v) is 7.99. The smallest absolute Gasteiger partial charge is 0.395 e. The van der Waals surface area contributed by atoms with Crippen LogP contribution in [0.4, 0.5) is 0 Å². The minimum absolute atomic E-state index is 0.174. The first kappa shape index (κ1) is 19.2. The number of nitrogens with one attached hydrogen (secondary N) is 1. The van der Waals surface area contributed by atoms with E-state index >= 15 is 0 Å². The highest BCUT2D eigenvalue weighted by molar-refractivity contribution is 5.72. The van der Waals surface area contributed by atoms with Crippen molar-refractivity contribution in [2.45, 2.75) is 38.1 Å². The highest BCUT2D eigenvalue weighted by Gasteiger charge is 2.46. The summed E-state index contributed by atoms with van der Waals surface area (Å²) in [5.41, 5.74) is 2.06. The predicted octanol–water partition coefficient (Wildman–Crippen LogP) is 4.74. The van der Waals surface area contributed by atoms with E-state index in [4.69, 9.17) is 18.3 Å². The van der Waals surface area contributed by atoms with Crippen molar-refractivity contribution in [1.82, 2.24) is 10.3 Å². The Kier molecular flexibility index (Phi) is 4.64. The van der Waals surface area contributed by atoms with Crippen LogP contribution in [0.2, 0.25) is 0 Å². The Labute approximate surface area is 179 Å². The van der Waals surface area contributed by atoms with Crippen LogP contribution >= 0.6 is 0 Å². The van der Waals surface area contributed by atoms with Gasteiger partial charge in [0.25, 0.3) is 0 Å². The lowest BCUT2D eigenvalue weighted by Gasteiger charge is -2.44. The average molecular weight is 415 g/mol. The third-order valence-corrected chi connectivity index (χ3v) is 5.41. The molecule has 0 amide bonds. The summed E-state index contributed by atoms with van der Waals surface area (Å²) in [7, 11) is 0. The molecule has 1 aliphatic rings. The Morgan fingerprint density at radius 2 is 2.03 bits per heavy atom. The van der Waals surface area contributed by atoms with Crippen LogP contribution in [0.3, 0.4) is 0 Å². The largest absolute Gasteiger partial charge is 0.484 e. The molecular weight excluding hydrogens is 394 g/mol. The van der Waals surface area contributed by atoms with Gasteiger partial charge in [-0.25, -0.2) is 0 Å². The van der Waals surface area contributed by atoms with Gasteiger partial charge in [-0.1, -0.05) is 12.1 Å². The molecule has 1 N–H and O–H groups in total. The molecule has 4 aromatic rings. The fourth-order valence-corrected chi connectivity index (χ4v) is 3.92. The van der Waals surface area contributed by atoms with Gasteiger partial charge in [-0.2, -0.15) is 10.2 Å². The third kappa shape index (κ3) is 3.62. The summed E-state index contributed by atoms with van der Waals surface area (Å²) in [6, 6.07) is 18.6. The molecule has 0 saturated heterocycles. The van der Waals surface area contributed by atoms with Gasteiger partial charge in [0, 0.05) is 5.56 Å². The van der Waals surface area contributed by atoms with E-state index in [0.29, 0.717) is 23.4 Å². The maximum atomic E-state index is 9.41. The first-order valence-electron chi connectivity index (χ1n) is 10.0. The summed E-state index contributed by atoms with van der Waals surface area (Å²) in [4.78, 5) is 4.46. The van der Waals surface area contributed by atoms with Gasteiger partial charge in [0.2, 0.25) is 0 Å². The number of ether oxygens (including phenoxy) is 2. The van der Waals surface area contributed by atoms with Crippen LogP contribution in [0.15, 0.2) is 69.7 Å². The van der Waals surface area contributed by atoms with E-state index in [9.17, 15) is 5.26 Å². The Hall–Kier alpha value is -3.76. The van der Waals surface area contributed by atoms with Gasteiger partial charge in [0.15, 0.2) is 11.7 Å². The van der Waals surface area contributed by atoms with Crippen LogP contribution in [0.5, 0.6) is 11.8 Å². The Balaban J connectivity index is 1.54. The monoisotopic (exact) mass is 415 g/mol. The Bertz CT molecular complexity index is 1220. The zero-order valence-electron chi connectivity index (χ0n) is 17.2. The molecule has 2 atom stereocenters. The quantitative estimate of drug-likeness (QED) is 0.503. The standard InChI is InChI=1S/C24H21N3O4/c1-24(2)22(30-23-27-18-7-3-4-8-20(18)29-23)21(26-14-16-6-5-11-28-16)17-12-15(13-25)9-10-19(17)31-24/h3-12,21-22,26H,14H2,1-2H3/t21-,22+/m0/s1. The molecule has 0 fully saturated rings. The number of rotatable bonds is 5. The summed E-state index contributed by atoms with van der Waals surface area (Å²) >= 11 is 0. The number of fused-ring (bicyclic) bond motifs is 2. The first-order valence-corrected chi connectivity index (χ1v) is 10.0. The number of benzene rings is 2. The number of para-hydroxylation sites is 2. The van der Waals surface area contributed by atoms with Crippen molar-refractivity contribution < 1.29 is 18.3 Å². The van der Waals surface area contributed by atoms with Gasteiger partial charge < -0.3 is 18.3 Å². The first-order chi connectivity index (χ1) is 15.0. The molecule has 7 nitrogen and oxygen atoms in total. The van der Waals surface area contributed by atoms with E-state index in [2.05, 4.69) is 16.4 Å². The molecule has 0 saturated carbocycles. The molecule has 2 aromatic heterocycles. The molecule has 3 heterocycles. The molecule has 1 aliphatic heterocycles. The highest BCUT2D eigenvalue weighted by atomic mass is 16.6. The van der Waals surface area contributed by atoms with Gasteiger partial charge in [0.1, 0.15) is 22.6 Å². The summed E-state index contributed by atoms with van der Waals surface area (Å²) < 4.78 is 23.9. The third-order valence-electron chi connectivity index (χ3n) is 5.41. The van der Waals surface area contributed by atoms with Crippen LogP contribution in [0.1, 0.15) is 36.8 Å². The van der Waals surface area contributed by atoms with Crippen molar-refractivity contribution in [2.75, 3.05) is 0 Å². The highest BCUT2D eigenvalue weighted by Crippen LogP contribution is 2.42. The fourth-order valence-electron chi connectivity index (χ4n) is 3.92. The van der Waals surface area contributed by atoms with Crippen molar-refractivity contribution >= 4 is 11.1 Å². The Morgan fingerprint density at radius 1 is 1.16 bits per heavy atom. The van der Waals surface area contributed by atoms with Crippen LogP contribution < -0.4 is 14.8 Å². The van der Waals surface area contributed by atoms with E-state index in [-0.39, 0.29) is 12.1 Å². The lowest BCUT2D eigenvalue weighted by Crippen LogP contribution is -2.55. The van der Waals surface area contributed by atoms with Crippen molar-refractivity contribution in [2.24, 2.45) is 0 Å². The maximum absolute atomic E-state index is 9.41. The van der Waals surface area contributed by atoms with E-state index < -0.39 is 11.7 Å². The van der Waals surface area contributed by atoms with E-state index in [1.54, 1.807) is 12.3 Å². The average Bonchev–Trinajstić information content (AvgIpc) is 3.42. The summed E-state index contributed by atoms with van der Waals surface area (Å²) in [5.74, 6) is 1.50. The van der Waals surface area contributed by atoms with Crippen LogP contribution in [0.25, 0.3) is 11.1 Å². The number of nitriles is 1. The molecular formula is C24H21N3O4. The molecule has 0 unspecified atom stereocenters. The van der Waals surface area contributed by atoms with Crippen molar-refractivity contribution in [3.05, 3.63) is 77.7 Å². The SMILES string of the molecule is CC1(C)Oc2ccc(C#N)cc2[C@H](NCc2ccco2)[C@H]1Oc1nc2ccccc2o1. The predicted molar refractivity (Wildman–Crippen MR) is 113 cm³/mol. The van der Waals surface area contributed by atoms with Gasteiger partial charge in [-0.15, -0.1) is 0 Å². The zero-order valence-corrected chi connectivity index (χ0v) is 17.2. The molecule has 7 heteroatoms. The van der Waals surface area contributed by atoms with Crippen LogP contribution in [0, 0.1) is 11.3 Å². The number of nitrogens with zero attached hydrogens (tertiary/aromatic N) is 2. The summed E-state index contributed by atoms with van der Waals surface area (Å²) in [6.07, 6.45) is 1.32. The van der Waals surface area contributed by atoms with E-state index in [1.165, 1.54) is 0 Å². The number of oxazole rings is 1. The lowest BCUT2D eigenvalue weighted by molar-refractivity contribution is -0.0612. The second kappa shape index (κ2) is 7.49. The lowest BCUT2D eigenvalue weighted by atomic mass is 9.85. The van der Waals surface area contributed by atoms with Gasteiger partial charge >= 0.3 is 6.08 Å². The molecule has 156 valence electrons. The number of furan rings is 1. The van der Waals surface area contributed by atoms with Crippen molar-refractivity contribution in [1.29, 1.82) is 5.26 Å². The van der Waals surface area contributed by atoms with Crippen LogP contribution in [-0.2, 0) is 6.54 Å². The summed E-state index contributed by atoms with van der Waals surface area (Å²) in [5, 5.41) is 12.9. The number of hydrogen-bond acceptors (Lipinski definition) is 7. The molecule has 0 radical (unpaired) electrons. The van der Waals surface area contributed by atoms with Gasteiger partial charge in [-0.3, -0.25) is 5.32 Å². The molecule has 0 bridgehead atoms. The molecule has 0 spiro atoms. The Morgan fingerprint density at radius 3 is 2.81 bits per heavy atom. The summed E-state index contributed by atoms with van der Waals surface area (Å²) in [6.45, 7) is 4.41. The van der Waals surface area contributed by atoms with Crippen molar-refractivity contribution in [3.8, 4) is 17.9 Å². The minimum Gasteiger partial charge on any atom is -0.484 e. The second-order valence-electron chi connectivity index (χ2n) is 7.99. The van der Waals surface area contributed by atoms with Crippen LogP contribution in [-0.4, -0.2) is 16.7 Å². The fraction of sp³-hybridized carbons (Fsp3) is 0.250. The van der Waals surface area contributed by atoms with E-state index in [0.717, 1.165) is 16.8 Å². The maximum Gasteiger partial charge on any atom is 0.395 e. The molecule has 2 aromatic carbocycles. The normalized spacial score (nSPS) is 19.4. The molecule has 0 aliphatic carbocycles. The van der Waals surface area contributed by atoms with Gasteiger partial charge in [0.05, 0.1) is 30.5 Å². The number of hydrogen-bond donors (Lipinski definition) is 1. The topological polar surface area (TPSA) is 93.5 Å². The van der Waals surface area contributed by atoms with E-state index in [1.807, 2.05) is 62.4 Å². The minimum atomic E-state index is -0.706. The zero-order chi connectivity index (χ0) is 21.4. The number of aromatic nitrogens is 1. The van der Waals surface area contributed by atoms with Gasteiger partial charge in [-0.05, 0) is 56.3 Å².